The van der Waals surface area contributed by atoms with E-state index < -0.39 is 12.0 Å². The molecule has 1 aromatic carbocycles. The van der Waals surface area contributed by atoms with E-state index in [1.807, 2.05) is 13.8 Å². The van der Waals surface area contributed by atoms with Crippen LogP contribution >= 0.6 is 0 Å². The predicted molar refractivity (Wildman–Crippen MR) is 98.0 cm³/mol. The number of nitrogens with one attached hydrogen (secondary N) is 2. The fraction of sp³-hybridized carbons (Fsp3) is 0.526. The number of rotatable bonds is 10. The number of hydrogen-bond acceptors (Lipinski definition) is 5. The average Bonchev–Trinajstić information content (AvgIpc) is 2.63. The molecule has 0 aromatic heterocycles. The Morgan fingerprint density at radius 1 is 1.08 bits per heavy atom. The molecule has 0 saturated carbocycles. The summed E-state index contributed by atoms with van der Waals surface area (Å²) in [5, 5.41) is 5.45. The highest BCUT2D eigenvalue weighted by atomic mass is 16.5. The highest BCUT2D eigenvalue weighted by Crippen LogP contribution is 2.11. The van der Waals surface area contributed by atoms with Gasteiger partial charge in [0.05, 0.1) is 14.2 Å². The molecule has 26 heavy (non-hydrogen) atoms. The van der Waals surface area contributed by atoms with Gasteiger partial charge in [0, 0.05) is 18.5 Å². The lowest BCUT2D eigenvalue weighted by Gasteiger charge is -2.18. The number of amides is 2. The number of esters is 1. The molecule has 2 N–H and O–H groups in total. The van der Waals surface area contributed by atoms with Crippen molar-refractivity contribution >= 4 is 17.8 Å². The molecule has 1 unspecified atom stereocenters. The minimum atomic E-state index is -0.638. The van der Waals surface area contributed by atoms with Crippen molar-refractivity contribution in [3.63, 3.8) is 0 Å². The Balaban J connectivity index is 2.35. The van der Waals surface area contributed by atoms with Crippen LogP contribution in [0.15, 0.2) is 24.3 Å². The Morgan fingerprint density at radius 2 is 1.73 bits per heavy atom. The van der Waals surface area contributed by atoms with Crippen molar-refractivity contribution in [1.29, 1.82) is 0 Å². The predicted octanol–water partition coefficient (Wildman–Crippen LogP) is 1.91. The number of benzene rings is 1. The maximum Gasteiger partial charge on any atom is 0.328 e. The van der Waals surface area contributed by atoms with Crippen molar-refractivity contribution in [1.82, 2.24) is 10.6 Å². The second-order valence-corrected chi connectivity index (χ2v) is 6.36. The summed E-state index contributed by atoms with van der Waals surface area (Å²) in [5.41, 5.74) is 0.526. The standard InChI is InChI=1S/C19H28N2O5/c1-13(2)12-16(19(24)26-4)21-17(22)6-5-11-20-18(23)14-7-9-15(25-3)10-8-14/h7-10,13,16H,5-6,11-12H2,1-4H3,(H,20,23)(H,21,22). The summed E-state index contributed by atoms with van der Waals surface area (Å²) in [5.74, 6) is 0.0443. The van der Waals surface area contributed by atoms with Crippen LogP contribution in [0, 0.1) is 5.92 Å². The quantitative estimate of drug-likeness (QED) is 0.489. The minimum Gasteiger partial charge on any atom is -0.497 e. The average molecular weight is 364 g/mol. The van der Waals surface area contributed by atoms with E-state index in [4.69, 9.17) is 9.47 Å². The molecule has 7 nitrogen and oxygen atoms in total. The molecule has 0 fully saturated rings. The smallest absolute Gasteiger partial charge is 0.328 e. The van der Waals surface area contributed by atoms with E-state index in [0.717, 1.165) is 0 Å². The first-order valence-corrected chi connectivity index (χ1v) is 8.66. The van der Waals surface area contributed by atoms with Gasteiger partial charge in [-0.05, 0) is 43.0 Å². The maximum absolute atomic E-state index is 12.0. The van der Waals surface area contributed by atoms with Gasteiger partial charge in [0.2, 0.25) is 5.91 Å². The van der Waals surface area contributed by atoms with E-state index in [1.54, 1.807) is 31.4 Å². The number of methoxy groups -OCH3 is 2. The Hall–Kier alpha value is -2.57. The SMILES string of the molecule is COC(=O)C(CC(C)C)NC(=O)CCCNC(=O)c1ccc(OC)cc1. The van der Waals surface area contributed by atoms with Crippen LogP contribution in [0.2, 0.25) is 0 Å². The van der Waals surface area contributed by atoms with E-state index in [2.05, 4.69) is 10.6 Å². The van der Waals surface area contributed by atoms with Crippen molar-refractivity contribution < 1.29 is 23.9 Å². The maximum atomic E-state index is 12.0. The summed E-state index contributed by atoms with van der Waals surface area (Å²) in [6.07, 6.45) is 1.21. The Kier molecular flexibility index (Phi) is 9.19. The molecule has 1 atom stereocenters. The van der Waals surface area contributed by atoms with Crippen LogP contribution in [-0.4, -0.2) is 44.6 Å². The fourth-order valence-corrected chi connectivity index (χ4v) is 2.39. The third-order valence-corrected chi connectivity index (χ3v) is 3.75. The summed E-state index contributed by atoms with van der Waals surface area (Å²) in [6.45, 7) is 4.30. The van der Waals surface area contributed by atoms with E-state index >= 15 is 0 Å². The largest absolute Gasteiger partial charge is 0.497 e. The number of hydrogen-bond donors (Lipinski definition) is 2. The fourth-order valence-electron chi connectivity index (χ4n) is 2.39. The molecule has 0 aliphatic heterocycles. The van der Waals surface area contributed by atoms with Crippen molar-refractivity contribution in [2.75, 3.05) is 20.8 Å². The zero-order valence-electron chi connectivity index (χ0n) is 15.8. The normalized spacial score (nSPS) is 11.6. The molecule has 0 radical (unpaired) electrons. The Bertz CT molecular complexity index is 598. The molecule has 1 rings (SSSR count). The van der Waals surface area contributed by atoms with Gasteiger partial charge in [-0.2, -0.15) is 0 Å². The van der Waals surface area contributed by atoms with Gasteiger partial charge in [-0.15, -0.1) is 0 Å². The number of carbonyl (C=O) groups excluding carboxylic acids is 3. The summed E-state index contributed by atoms with van der Waals surface area (Å²) in [7, 11) is 2.86. The molecule has 0 bridgehead atoms. The van der Waals surface area contributed by atoms with Gasteiger partial charge < -0.3 is 20.1 Å². The molecule has 2 amide bonds. The van der Waals surface area contributed by atoms with Crippen molar-refractivity contribution in [3.05, 3.63) is 29.8 Å². The van der Waals surface area contributed by atoms with Gasteiger partial charge in [-0.3, -0.25) is 9.59 Å². The highest BCUT2D eigenvalue weighted by molar-refractivity contribution is 5.94. The minimum absolute atomic E-state index is 0.208. The van der Waals surface area contributed by atoms with Gasteiger partial charge in [0.25, 0.3) is 5.91 Å². The number of carbonyl (C=O) groups is 3. The van der Waals surface area contributed by atoms with Gasteiger partial charge >= 0.3 is 5.97 Å². The number of ether oxygens (including phenoxy) is 2. The van der Waals surface area contributed by atoms with Gasteiger partial charge in [-0.1, -0.05) is 13.8 Å². The lowest BCUT2D eigenvalue weighted by atomic mass is 10.0. The molecule has 0 heterocycles. The van der Waals surface area contributed by atoms with Crippen LogP contribution in [-0.2, 0) is 14.3 Å². The second kappa shape index (κ2) is 11.1. The van der Waals surface area contributed by atoms with Crippen molar-refractivity contribution in [2.45, 2.75) is 39.2 Å². The monoisotopic (exact) mass is 364 g/mol. The third kappa shape index (κ3) is 7.55. The molecule has 0 aliphatic rings. The Morgan fingerprint density at radius 3 is 2.27 bits per heavy atom. The van der Waals surface area contributed by atoms with E-state index in [0.29, 0.717) is 30.7 Å². The van der Waals surface area contributed by atoms with Crippen LogP contribution in [0.4, 0.5) is 0 Å². The summed E-state index contributed by atoms with van der Waals surface area (Å²) in [6, 6.07) is 6.14. The first-order valence-electron chi connectivity index (χ1n) is 8.66. The lowest BCUT2D eigenvalue weighted by Crippen LogP contribution is -2.42. The van der Waals surface area contributed by atoms with Gasteiger partial charge in [0.1, 0.15) is 11.8 Å². The van der Waals surface area contributed by atoms with Crippen molar-refractivity contribution in [2.24, 2.45) is 5.92 Å². The molecule has 7 heteroatoms. The first kappa shape index (κ1) is 21.5. The third-order valence-electron chi connectivity index (χ3n) is 3.75. The zero-order valence-corrected chi connectivity index (χ0v) is 15.8. The first-order chi connectivity index (χ1) is 12.4. The summed E-state index contributed by atoms with van der Waals surface area (Å²) >= 11 is 0. The molecular formula is C19H28N2O5. The topological polar surface area (TPSA) is 93.7 Å². The highest BCUT2D eigenvalue weighted by Gasteiger charge is 2.22. The van der Waals surface area contributed by atoms with Crippen LogP contribution < -0.4 is 15.4 Å². The van der Waals surface area contributed by atoms with E-state index in [9.17, 15) is 14.4 Å². The molecule has 1 aromatic rings. The Labute approximate surface area is 154 Å². The molecule has 0 spiro atoms. The van der Waals surface area contributed by atoms with E-state index in [1.165, 1.54) is 7.11 Å². The molecule has 0 saturated heterocycles. The van der Waals surface area contributed by atoms with E-state index in [-0.39, 0.29) is 24.2 Å². The second-order valence-electron chi connectivity index (χ2n) is 6.36. The molecule has 0 aliphatic carbocycles. The summed E-state index contributed by atoms with van der Waals surface area (Å²) < 4.78 is 9.76. The van der Waals surface area contributed by atoms with Crippen LogP contribution in [0.25, 0.3) is 0 Å². The van der Waals surface area contributed by atoms with Crippen LogP contribution in [0.5, 0.6) is 5.75 Å². The molecular weight excluding hydrogens is 336 g/mol. The van der Waals surface area contributed by atoms with Crippen molar-refractivity contribution in [3.8, 4) is 5.75 Å². The molecule has 144 valence electrons. The zero-order chi connectivity index (χ0) is 19.5. The van der Waals surface area contributed by atoms with Crippen LogP contribution in [0.1, 0.15) is 43.5 Å². The lowest BCUT2D eigenvalue weighted by molar-refractivity contribution is -0.145. The van der Waals surface area contributed by atoms with Crippen LogP contribution in [0.3, 0.4) is 0 Å². The summed E-state index contributed by atoms with van der Waals surface area (Å²) in [4.78, 5) is 35.7. The van der Waals surface area contributed by atoms with Gasteiger partial charge in [-0.25, -0.2) is 4.79 Å². The van der Waals surface area contributed by atoms with Gasteiger partial charge in [0.15, 0.2) is 0 Å².